The van der Waals surface area contributed by atoms with Crippen LogP contribution in [0.5, 0.6) is 11.5 Å². The summed E-state index contributed by atoms with van der Waals surface area (Å²) in [6, 6.07) is 5.39. The molecular formula is C13H10N4O4. The van der Waals surface area contributed by atoms with Crippen LogP contribution < -0.4 is 9.47 Å². The predicted molar refractivity (Wildman–Crippen MR) is 70.6 cm³/mol. The SMILES string of the molecule is O=C(O)Cc1cc2cc3c(cc2n2nnnc12)OCCO3. The average molecular weight is 286 g/mol. The van der Waals surface area contributed by atoms with Crippen molar-refractivity contribution >= 4 is 22.5 Å². The number of hydrogen-bond acceptors (Lipinski definition) is 6. The Morgan fingerprint density at radius 3 is 2.76 bits per heavy atom. The van der Waals surface area contributed by atoms with Crippen LogP contribution >= 0.6 is 0 Å². The van der Waals surface area contributed by atoms with Crippen molar-refractivity contribution in [1.82, 2.24) is 20.0 Å². The van der Waals surface area contributed by atoms with Crippen LogP contribution in [0.1, 0.15) is 5.56 Å². The Morgan fingerprint density at radius 2 is 2.00 bits per heavy atom. The van der Waals surface area contributed by atoms with Gasteiger partial charge in [-0.2, -0.15) is 4.52 Å². The van der Waals surface area contributed by atoms with E-state index in [1.54, 1.807) is 12.1 Å². The second kappa shape index (κ2) is 4.30. The fourth-order valence-electron chi connectivity index (χ4n) is 2.49. The Morgan fingerprint density at radius 1 is 1.24 bits per heavy atom. The Bertz CT molecular complexity index is 873. The summed E-state index contributed by atoms with van der Waals surface area (Å²) in [6.07, 6.45) is -0.145. The summed E-state index contributed by atoms with van der Waals surface area (Å²) >= 11 is 0. The Kier molecular flexibility index (Phi) is 2.44. The molecule has 0 bridgehead atoms. The van der Waals surface area contributed by atoms with Gasteiger partial charge >= 0.3 is 5.97 Å². The molecule has 21 heavy (non-hydrogen) atoms. The minimum absolute atomic E-state index is 0.145. The first kappa shape index (κ1) is 11.9. The molecule has 0 atom stereocenters. The molecule has 1 aliphatic rings. The van der Waals surface area contributed by atoms with Crippen LogP contribution in [0.2, 0.25) is 0 Å². The second-order valence-corrected chi connectivity index (χ2v) is 4.71. The quantitative estimate of drug-likeness (QED) is 0.739. The molecule has 0 saturated carbocycles. The monoisotopic (exact) mass is 286 g/mol. The maximum absolute atomic E-state index is 11.0. The lowest BCUT2D eigenvalue weighted by molar-refractivity contribution is -0.136. The highest BCUT2D eigenvalue weighted by Gasteiger charge is 2.17. The molecule has 3 heterocycles. The molecule has 0 unspecified atom stereocenters. The van der Waals surface area contributed by atoms with Crippen LogP contribution in [0.15, 0.2) is 18.2 Å². The second-order valence-electron chi connectivity index (χ2n) is 4.71. The predicted octanol–water partition coefficient (Wildman–Crippen LogP) is 0.676. The lowest BCUT2D eigenvalue weighted by Gasteiger charge is -2.19. The highest BCUT2D eigenvalue weighted by molar-refractivity contribution is 5.88. The zero-order valence-electron chi connectivity index (χ0n) is 10.8. The van der Waals surface area contributed by atoms with Gasteiger partial charge in [0.25, 0.3) is 0 Å². The summed E-state index contributed by atoms with van der Waals surface area (Å²) < 4.78 is 12.6. The van der Waals surface area contributed by atoms with Gasteiger partial charge in [0, 0.05) is 17.0 Å². The van der Waals surface area contributed by atoms with Crippen molar-refractivity contribution in [3.63, 3.8) is 0 Å². The van der Waals surface area contributed by atoms with Gasteiger partial charge in [-0.3, -0.25) is 4.79 Å². The van der Waals surface area contributed by atoms with Gasteiger partial charge in [0.1, 0.15) is 13.2 Å². The molecule has 2 aromatic heterocycles. The van der Waals surface area contributed by atoms with Crippen molar-refractivity contribution in [2.75, 3.05) is 13.2 Å². The van der Waals surface area contributed by atoms with Gasteiger partial charge in [-0.15, -0.1) is 5.10 Å². The van der Waals surface area contributed by atoms with Crippen molar-refractivity contribution in [2.45, 2.75) is 6.42 Å². The smallest absolute Gasteiger partial charge is 0.307 e. The number of aromatic nitrogens is 4. The molecule has 4 rings (SSSR count). The van der Waals surface area contributed by atoms with Crippen LogP contribution in [-0.4, -0.2) is 44.3 Å². The Balaban J connectivity index is 2.03. The van der Waals surface area contributed by atoms with E-state index in [4.69, 9.17) is 14.6 Å². The number of pyridine rings is 1. The molecule has 0 spiro atoms. The third-order valence-electron chi connectivity index (χ3n) is 3.35. The fraction of sp³-hybridized carbons (Fsp3) is 0.231. The average Bonchev–Trinajstić information content (AvgIpc) is 2.95. The lowest BCUT2D eigenvalue weighted by Crippen LogP contribution is -2.15. The summed E-state index contributed by atoms with van der Waals surface area (Å²) in [4.78, 5) is 11.0. The van der Waals surface area contributed by atoms with Crippen molar-refractivity contribution in [2.24, 2.45) is 0 Å². The number of carbonyl (C=O) groups is 1. The molecule has 8 heteroatoms. The molecule has 106 valence electrons. The summed E-state index contributed by atoms with van der Waals surface area (Å²) in [5, 5.41) is 21.3. The number of aliphatic carboxylic acids is 1. The normalized spacial score (nSPS) is 13.7. The number of nitrogens with zero attached hydrogens (tertiary/aromatic N) is 4. The van der Waals surface area contributed by atoms with Gasteiger partial charge < -0.3 is 14.6 Å². The number of carboxylic acids is 1. The van der Waals surface area contributed by atoms with E-state index in [1.807, 2.05) is 6.07 Å². The van der Waals surface area contributed by atoms with E-state index in [0.29, 0.717) is 35.9 Å². The van der Waals surface area contributed by atoms with Gasteiger partial charge in [0.05, 0.1) is 11.9 Å². The summed E-state index contributed by atoms with van der Waals surface area (Å²) in [6.45, 7) is 0.988. The van der Waals surface area contributed by atoms with E-state index in [-0.39, 0.29) is 6.42 Å². The molecule has 0 aliphatic carbocycles. The molecule has 8 nitrogen and oxygen atoms in total. The summed E-state index contributed by atoms with van der Waals surface area (Å²) in [5.74, 6) is 0.343. The van der Waals surface area contributed by atoms with E-state index in [2.05, 4.69) is 15.5 Å². The van der Waals surface area contributed by atoms with Gasteiger partial charge in [-0.05, 0) is 22.6 Å². The van der Waals surface area contributed by atoms with E-state index < -0.39 is 5.97 Å². The molecule has 0 amide bonds. The standard InChI is InChI=1S/C13H10N4O4/c18-12(19)5-8-3-7-4-10-11(21-2-1-20-10)6-9(7)17-13(8)14-15-16-17/h3-4,6H,1-2,5H2,(H,18,19). The van der Waals surface area contributed by atoms with E-state index in [1.165, 1.54) is 4.52 Å². The number of carboxylic acid groups (broad SMARTS) is 1. The van der Waals surface area contributed by atoms with E-state index in [9.17, 15) is 4.79 Å². The molecule has 3 aromatic rings. The number of ether oxygens (including phenoxy) is 2. The molecule has 1 N–H and O–H groups in total. The fourth-order valence-corrected chi connectivity index (χ4v) is 2.49. The first-order valence-electron chi connectivity index (χ1n) is 6.37. The first-order chi connectivity index (χ1) is 10.2. The minimum Gasteiger partial charge on any atom is -0.486 e. The van der Waals surface area contributed by atoms with E-state index in [0.717, 1.165) is 10.9 Å². The molecule has 0 radical (unpaired) electrons. The number of rotatable bonds is 2. The number of tetrazole rings is 1. The van der Waals surface area contributed by atoms with Crippen molar-refractivity contribution in [3.8, 4) is 11.5 Å². The van der Waals surface area contributed by atoms with Crippen molar-refractivity contribution in [1.29, 1.82) is 0 Å². The number of benzene rings is 1. The van der Waals surface area contributed by atoms with Crippen LogP contribution in [0, 0.1) is 0 Å². The molecule has 0 fully saturated rings. The van der Waals surface area contributed by atoms with Gasteiger partial charge in [0.2, 0.25) is 0 Å². The van der Waals surface area contributed by atoms with Gasteiger partial charge in [-0.1, -0.05) is 0 Å². The summed E-state index contributed by atoms with van der Waals surface area (Å²) in [7, 11) is 0. The highest BCUT2D eigenvalue weighted by Crippen LogP contribution is 2.35. The topological polar surface area (TPSA) is 98.8 Å². The Labute approximate surface area is 117 Å². The van der Waals surface area contributed by atoms with Crippen LogP contribution in [0.3, 0.4) is 0 Å². The lowest BCUT2D eigenvalue weighted by atomic mass is 10.1. The van der Waals surface area contributed by atoms with Gasteiger partial charge in [0.15, 0.2) is 17.1 Å². The third kappa shape index (κ3) is 1.83. The third-order valence-corrected chi connectivity index (χ3v) is 3.35. The van der Waals surface area contributed by atoms with E-state index >= 15 is 0 Å². The highest BCUT2D eigenvalue weighted by atomic mass is 16.6. The summed E-state index contributed by atoms with van der Waals surface area (Å²) in [5.41, 5.74) is 1.73. The molecular weight excluding hydrogens is 276 g/mol. The zero-order chi connectivity index (χ0) is 14.4. The van der Waals surface area contributed by atoms with Crippen molar-refractivity contribution in [3.05, 3.63) is 23.8 Å². The zero-order valence-corrected chi connectivity index (χ0v) is 10.8. The molecule has 0 saturated heterocycles. The maximum Gasteiger partial charge on any atom is 0.307 e. The number of fused-ring (bicyclic) bond motifs is 4. The molecule has 1 aliphatic heterocycles. The van der Waals surface area contributed by atoms with Crippen LogP contribution in [-0.2, 0) is 11.2 Å². The number of hydrogen-bond donors (Lipinski definition) is 1. The van der Waals surface area contributed by atoms with Crippen LogP contribution in [0.4, 0.5) is 0 Å². The van der Waals surface area contributed by atoms with Gasteiger partial charge in [-0.25, -0.2) is 0 Å². The maximum atomic E-state index is 11.0. The molecule has 1 aromatic carbocycles. The van der Waals surface area contributed by atoms with Crippen LogP contribution in [0.25, 0.3) is 16.6 Å². The van der Waals surface area contributed by atoms with Crippen molar-refractivity contribution < 1.29 is 19.4 Å². The first-order valence-corrected chi connectivity index (χ1v) is 6.37. The minimum atomic E-state index is -0.934. The Hall–Kier alpha value is -2.90. The largest absolute Gasteiger partial charge is 0.486 e.